The summed E-state index contributed by atoms with van der Waals surface area (Å²) < 4.78 is 4.48. The van der Waals surface area contributed by atoms with Gasteiger partial charge in [0, 0.05) is 4.91 Å². The summed E-state index contributed by atoms with van der Waals surface area (Å²) in [6.07, 6.45) is 0. The van der Waals surface area contributed by atoms with Crippen LogP contribution in [0.2, 0.25) is 0 Å². The summed E-state index contributed by atoms with van der Waals surface area (Å²) in [6, 6.07) is 9.20. The van der Waals surface area contributed by atoms with Gasteiger partial charge in [-0.05, 0) is 5.56 Å². The second-order valence-corrected chi connectivity index (χ2v) is 3.07. The molecule has 4 heteroatoms. The van der Waals surface area contributed by atoms with Crippen molar-refractivity contribution in [2.75, 3.05) is 7.11 Å². The van der Waals surface area contributed by atoms with Crippen LogP contribution in [-0.2, 0) is 9.53 Å². The van der Waals surface area contributed by atoms with Gasteiger partial charge in [-0.1, -0.05) is 30.3 Å². The van der Waals surface area contributed by atoms with Crippen LogP contribution >= 0.6 is 12.6 Å². The monoisotopic (exact) mass is 209 g/mol. The van der Waals surface area contributed by atoms with Crippen molar-refractivity contribution in [2.24, 2.45) is 5.73 Å². The van der Waals surface area contributed by atoms with Crippen molar-refractivity contribution in [3.63, 3.8) is 0 Å². The third-order valence-corrected chi connectivity index (χ3v) is 2.21. The molecule has 0 unspecified atom stereocenters. The molecule has 1 aromatic rings. The summed E-state index contributed by atoms with van der Waals surface area (Å²) in [5.74, 6) is -0.571. The minimum Gasteiger partial charge on any atom is -0.464 e. The summed E-state index contributed by atoms with van der Waals surface area (Å²) in [4.78, 5) is 11.5. The Morgan fingerprint density at radius 3 is 2.43 bits per heavy atom. The Morgan fingerprint density at radius 2 is 1.93 bits per heavy atom. The average Bonchev–Trinajstić information content (AvgIpc) is 2.27. The van der Waals surface area contributed by atoms with E-state index in [9.17, 15) is 4.79 Å². The molecule has 0 saturated heterocycles. The Hall–Kier alpha value is -1.42. The highest BCUT2D eigenvalue weighted by Gasteiger charge is 2.10. The second-order valence-electron chi connectivity index (χ2n) is 2.62. The van der Waals surface area contributed by atoms with Gasteiger partial charge in [-0.3, -0.25) is 0 Å². The maximum atomic E-state index is 11.1. The minimum atomic E-state index is -0.571. The molecular formula is C10H11NO2S. The summed E-state index contributed by atoms with van der Waals surface area (Å²) in [5, 5.41) is 0. The molecule has 0 atom stereocenters. The van der Waals surface area contributed by atoms with E-state index in [-0.39, 0.29) is 5.70 Å². The quantitative estimate of drug-likeness (QED) is 0.440. The first-order valence-corrected chi connectivity index (χ1v) is 4.44. The van der Waals surface area contributed by atoms with E-state index >= 15 is 0 Å². The van der Waals surface area contributed by atoms with Crippen LogP contribution in [-0.4, -0.2) is 13.1 Å². The van der Waals surface area contributed by atoms with Gasteiger partial charge in [0.1, 0.15) is 5.70 Å². The van der Waals surface area contributed by atoms with Gasteiger partial charge < -0.3 is 10.5 Å². The maximum absolute atomic E-state index is 11.1. The van der Waals surface area contributed by atoms with Gasteiger partial charge in [0.2, 0.25) is 0 Å². The normalized spacial score (nSPS) is 11.9. The van der Waals surface area contributed by atoms with Crippen LogP contribution in [0.3, 0.4) is 0 Å². The molecule has 0 aromatic heterocycles. The molecule has 0 aliphatic rings. The van der Waals surface area contributed by atoms with E-state index in [4.69, 9.17) is 5.73 Å². The molecule has 0 saturated carbocycles. The van der Waals surface area contributed by atoms with Crippen molar-refractivity contribution >= 4 is 23.5 Å². The number of carbonyl (C=O) groups excluding carboxylic acids is 1. The third kappa shape index (κ3) is 2.29. The highest BCUT2D eigenvalue weighted by molar-refractivity contribution is 7.90. The molecule has 1 rings (SSSR count). The number of ether oxygens (including phenoxy) is 1. The van der Waals surface area contributed by atoms with Crippen molar-refractivity contribution in [3.05, 3.63) is 41.6 Å². The number of rotatable bonds is 2. The van der Waals surface area contributed by atoms with E-state index in [1.807, 2.05) is 30.3 Å². The van der Waals surface area contributed by atoms with Crippen molar-refractivity contribution in [1.82, 2.24) is 0 Å². The van der Waals surface area contributed by atoms with E-state index in [1.54, 1.807) is 0 Å². The Bertz CT molecular complexity index is 360. The second kappa shape index (κ2) is 4.72. The van der Waals surface area contributed by atoms with Gasteiger partial charge in [0.05, 0.1) is 7.11 Å². The molecule has 0 heterocycles. The summed E-state index contributed by atoms with van der Waals surface area (Å²) in [7, 11) is 1.28. The third-order valence-electron chi connectivity index (χ3n) is 1.71. The lowest BCUT2D eigenvalue weighted by molar-refractivity contribution is -0.136. The zero-order valence-corrected chi connectivity index (χ0v) is 8.62. The molecule has 0 spiro atoms. The molecule has 0 aliphatic heterocycles. The smallest absolute Gasteiger partial charge is 0.355 e. The van der Waals surface area contributed by atoms with Gasteiger partial charge >= 0.3 is 5.97 Å². The predicted molar refractivity (Wildman–Crippen MR) is 58.6 cm³/mol. The van der Waals surface area contributed by atoms with E-state index in [2.05, 4.69) is 17.4 Å². The van der Waals surface area contributed by atoms with Crippen LogP contribution in [0.1, 0.15) is 5.56 Å². The number of hydrogen-bond acceptors (Lipinski definition) is 4. The molecule has 74 valence electrons. The SMILES string of the molecule is COC(=O)/C(N)=C(/S)c1ccccc1. The van der Waals surface area contributed by atoms with E-state index in [0.717, 1.165) is 5.56 Å². The Kier molecular flexibility index (Phi) is 3.59. The Balaban J connectivity index is 3.05. The van der Waals surface area contributed by atoms with Crippen molar-refractivity contribution in [3.8, 4) is 0 Å². The van der Waals surface area contributed by atoms with Gasteiger partial charge in [-0.2, -0.15) is 0 Å². The van der Waals surface area contributed by atoms with E-state index in [0.29, 0.717) is 4.91 Å². The van der Waals surface area contributed by atoms with Gasteiger partial charge in [-0.25, -0.2) is 4.79 Å². The first-order valence-electron chi connectivity index (χ1n) is 3.99. The zero-order chi connectivity index (χ0) is 10.6. The number of carbonyl (C=O) groups is 1. The Morgan fingerprint density at radius 1 is 1.36 bits per heavy atom. The van der Waals surface area contributed by atoms with Crippen LogP contribution in [0, 0.1) is 0 Å². The molecule has 0 aliphatic carbocycles. The lowest BCUT2D eigenvalue weighted by Crippen LogP contribution is -2.14. The Labute approximate surface area is 88.0 Å². The van der Waals surface area contributed by atoms with Crippen LogP contribution in [0.25, 0.3) is 4.91 Å². The lowest BCUT2D eigenvalue weighted by Gasteiger charge is -2.04. The molecule has 3 nitrogen and oxygen atoms in total. The topological polar surface area (TPSA) is 52.3 Å². The van der Waals surface area contributed by atoms with Crippen LogP contribution in [0.5, 0.6) is 0 Å². The largest absolute Gasteiger partial charge is 0.464 e. The van der Waals surface area contributed by atoms with Crippen molar-refractivity contribution in [1.29, 1.82) is 0 Å². The number of esters is 1. The molecule has 0 fully saturated rings. The van der Waals surface area contributed by atoms with Crippen LogP contribution in [0.4, 0.5) is 0 Å². The summed E-state index contributed by atoms with van der Waals surface area (Å²) >= 11 is 4.16. The van der Waals surface area contributed by atoms with Gasteiger partial charge in [-0.15, -0.1) is 12.6 Å². The first kappa shape index (κ1) is 10.7. The van der Waals surface area contributed by atoms with E-state index in [1.165, 1.54) is 7.11 Å². The molecule has 0 bridgehead atoms. The fourth-order valence-electron chi connectivity index (χ4n) is 0.958. The lowest BCUT2D eigenvalue weighted by atomic mass is 10.2. The standard InChI is InChI=1S/C10H11NO2S/c1-13-10(12)8(11)9(14)7-5-3-2-4-6-7/h2-6,14H,11H2,1H3/b9-8-. The van der Waals surface area contributed by atoms with E-state index < -0.39 is 5.97 Å². The van der Waals surface area contributed by atoms with Crippen molar-refractivity contribution < 1.29 is 9.53 Å². The van der Waals surface area contributed by atoms with Crippen molar-refractivity contribution in [2.45, 2.75) is 0 Å². The van der Waals surface area contributed by atoms with Gasteiger partial charge in [0.25, 0.3) is 0 Å². The molecule has 0 amide bonds. The van der Waals surface area contributed by atoms with Crippen LogP contribution < -0.4 is 5.73 Å². The molecular weight excluding hydrogens is 198 g/mol. The summed E-state index contributed by atoms with van der Waals surface area (Å²) in [6.45, 7) is 0. The number of thiol groups is 1. The highest BCUT2D eigenvalue weighted by atomic mass is 32.1. The highest BCUT2D eigenvalue weighted by Crippen LogP contribution is 2.20. The molecule has 14 heavy (non-hydrogen) atoms. The molecule has 1 aromatic carbocycles. The van der Waals surface area contributed by atoms with Gasteiger partial charge in [0.15, 0.2) is 0 Å². The summed E-state index contributed by atoms with van der Waals surface area (Å²) in [5.41, 5.74) is 6.34. The predicted octanol–water partition coefficient (Wildman–Crippen LogP) is 1.42. The van der Waals surface area contributed by atoms with Crippen LogP contribution in [0.15, 0.2) is 36.0 Å². The molecule has 0 radical (unpaired) electrons. The fraction of sp³-hybridized carbons (Fsp3) is 0.100. The minimum absolute atomic E-state index is 0.0158. The number of nitrogens with two attached hydrogens (primary N) is 1. The average molecular weight is 209 g/mol. The maximum Gasteiger partial charge on any atom is 0.355 e. The zero-order valence-electron chi connectivity index (χ0n) is 7.73. The fourth-order valence-corrected chi connectivity index (χ4v) is 1.20. The first-order chi connectivity index (χ1) is 6.66. The molecule has 2 N–H and O–H groups in total. The number of benzene rings is 1. The number of methoxy groups -OCH3 is 1. The number of hydrogen-bond donors (Lipinski definition) is 2.